The van der Waals surface area contributed by atoms with E-state index in [9.17, 15) is 9.50 Å². The number of rotatable bonds is 2. The van der Waals surface area contributed by atoms with Gasteiger partial charge in [-0.05, 0) is 42.0 Å². The monoisotopic (exact) mass is 290 g/mol. The van der Waals surface area contributed by atoms with Crippen molar-refractivity contribution in [1.82, 2.24) is 0 Å². The lowest BCUT2D eigenvalue weighted by molar-refractivity contribution is 0.117. The molecule has 1 N–H and O–H groups in total. The van der Waals surface area contributed by atoms with E-state index in [1.54, 1.807) is 12.1 Å². The van der Waals surface area contributed by atoms with Gasteiger partial charge in [0.25, 0.3) is 0 Å². The van der Waals surface area contributed by atoms with Crippen molar-refractivity contribution in [2.75, 3.05) is 11.5 Å². The second-order valence-electron chi connectivity index (χ2n) is 3.73. The quantitative estimate of drug-likeness (QED) is 0.901. The van der Waals surface area contributed by atoms with Gasteiger partial charge in [-0.25, -0.2) is 4.39 Å². The highest BCUT2D eigenvalue weighted by Gasteiger charge is 2.26. The summed E-state index contributed by atoms with van der Waals surface area (Å²) in [5.74, 6) is 1.87. The van der Waals surface area contributed by atoms with Gasteiger partial charge in [0, 0.05) is 10.0 Å². The molecule has 0 saturated carbocycles. The van der Waals surface area contributed by atoms with Crippen LogP contribution in [-0.4, -0.2) is 16.6 Å². The Bertz CT molecular complexity index is 352. The number of aliphatic hydroxyl groups excluding tert-OH is 1. The molecule has 1 fully saturated rings. The third-order valence-electron chi connectivity index (χ3n) is 2.69. The van der Waals surface area contributed by atoms with Gasteiger partial charge in [-0.15, -0.1) is 0 Å². The SMILES string of the molecule is OC(c1cc(Br)ccc1F)C1CCSC1. The summed E-state index contributed by atoms with van der Waals surface area (Å²) in [6.45, 7) is 0. The summed E-state index contributed by atoms with van der Waals surface area (Å²) in [7, 11) is 0. The summed E-state index contributed by atoms with van der Waals surface area (Å²) in [6.07, 6.45) is 0.301. The van der Waals surface area contributed by atoms with E-state index in [-0.39, 0.29) is 11.7 Å². The number of halogens is 2. The molecule has 0 amide bonds. The summed E-state index contributed by atoms with van der Waals surface area (Å²) >= 11 is 5.11. The molecule has 82 valence electrons. The first-order chi connectivity index (χ1) is 7.18. The number of aliphatic hydroxyl groups is 1. The normalized spacial score (nSPS) is 23.0. The van der Waals surface area contributed by atoms with E-state index in [0.29, 0.717) is 5.56 Å². The van der Waals surface area contributed by atoms with Crippen LogP contribution in [0.1, 0.15) is 18.1 Å². The lowest BCUT2D eigenvalue weighted by atomic mass is 9.95. The van der Waals surface area contributed by atoms with Crippen molar-refractivity contribution in [3.05, 3.63) is 34.1 Å². The first-order valence-corrected chi connectivity index (χ1v) is 6.84. The first kappa shape index (κ1) is 11.4. The Kier molecular flexibility index (Phi) is 3.69. The minimum absolute atomic E-state index is 0.193. The van der Waals surface area contributed by atoms with Crippen LogP contribution in [0.3, 0.4) is 0 Å². The van der Waals surface area contributed by atoms with Gasteiger partial charge in [-0.2, -0.15) is 11.8 Å². The van der Waals surface area contributed by atoms with Crippen LogP contribution in [0.25, 0.3) is 0 Å². The molecular formula is C11H12BrFOS. The smallest absolute Gasteiger partial charge is 0.129 e. The molecule has 1 aliphatic heterocycles. The molecule has 1 saturated heterocycles. The molecule has 1 aliphatic rings. The molecule has 0 bridgehead atoms. The second kappa shape index (κ2) is 4.85. The van der Waals surface area contributed by atoms with Crippen molar-refractivity contribution in [3.8, 4) is 0 Å². The largest absolute Gasteiger partial charge is 0.388 e. The van der Waals surface area contributed by atoms with Gasteiger partial charge in [0.15, 0.2) is 0 Å². The van der Waals surface area contributed by atoms with E-state index in [2.05, 4.69) is 15.9 Å². The van der Waals surface area contributed by atoms with Crippen LogP contribution in [0.4, 0.5) is 4.39 Å². The third kappa shape index (κ3) is 2.55. The predicted molar refractivity (Wildman–Crippen MR) is 64.5 cm³/mol. The van der Waals surface area contributed by atoms with Crippen molar-refractivity contribution in [1.29, 1.82) is 0 Å². The van der Waals surface area contributed by atoms with Crippen molar-refractivity contribution in [2.45, 2.75) is 12.5 Å². The maximum Gasteiger partial charge on any atom is 0.129 e. The molecule has 0 spiro atoms. The molecule has 0 aromatic heterocycles. The van der Waals surface area contributed by atoms with Crippen molar-refractivity contribution in [2.24, 2.45) is 5.92 Å². The molecule has 2 rings (SSSR count). The fourth-order valence-electron chi connectivity index (χ4n) is 1.80. The van der Waals surface area contributed by atoms with Crippen molar-refractivity contribution in [3.63, 3.8) is 0 Å². The van der Waals surface area contributed by atoms with E-state index < -0.39 is 6.10 Å². The minimum Gasteiger partial charge on any atom is -0.388 e. The lowest BCUT2D eigenvalue weighted by Crippen LogP contribution is -2.13. The Balaban J connectivity index is 2.23. The summed E-state index contributed by atoms with van der Waals surface area (Å²) in [5.41, 5.74) is 0.414. The molecule has 0 aliphatic carbocycles. The fourth-order valence-corrected chi connectivity index (χ4v) is 3.46. The van der Waals surface area contributed by atoms with Gasteiger partial charge in [-0.1, -0.05) is 15.9 Å². The molecule has 15 heavy (non-hydrogen) atoms. The molecule has 2 atom stereocenters. The Morgan fingerprint density at radius 1 is 1.53 bits per heavy atom. The predicted octanol–water partition coefficient (Wildman–Crippen LogP) is 3.37. The summed E-state index contributed by atoms with van der Waals surface area (Å²) < 4.78 is 14.3. The van der Waals surface area contributed by atoms with Gasteiger partial charge in [-0.3, -0.25) is 0 Å². The standard InChI is InChI=1S/C11H12BrFOS/c12-8-1-2-10(13)9(5-8)11(14)7-3-4-15-6-7/h1-2,5,7,11,14H,3-4,6H2. The average Bonchev–Trinajstić information content (AvgIpc) is 2.74. The highest BCUT2D eigenvalue weighted by molar-refractivity contribution is 9.10. The molecule has 1 nitrogen and oxygen atoms in total. The van der Waals surface area contributed by atoms with Crippen molar-refractivity contribution < 1.29 is 9.50 Å². The van der Waals surface area contributed by atoms with Crippen LogP contribution in [0, 0.1) is 11.7 Å². The van der Waals surface area contributed by atoms with E-state index >= 15 is 0 Å². The van der Waals surface area contributed by atoms with Crippen LogP contribution in [0.15, 0.2) is 22.7 Å². The zero-order valence-corrected chi connectivity index (χ0v) is 10.5. The van der Waals surface area contributed by atoms with E-state index in [1.165, 1.54) is 6.07 Å². The second-order valence-corrected chi connectivity index (χ2v) is 5.80. The Labute approximate surface area is 101 Å². The molecule has 2 unspecified atom stereocenters. The third-order valence-corrected chi connectivity index (χ3v) is 4.37. The molecule has 1 heterocycles. The maximum absolute atomic E-state index is 13.5. The topological polar surface area (TPSA) is 20.2 Å². The van der Waals surface area contributed by atoms with E-state index in [1.807, 2.05) is 11.8 Å². The zero-order chi connectivity index (χ0) is 10.8. The van der Waals surface area contributed by atoms with Gasteiger partial charge in [0.05, 0.1) is 6.10 Å². The van der Waals surface area contributed by atoms with Crippen LogP contribution < -0.4 is 0 Å². The number of hydrogen-bond donors (Lipinski definition) is 1. The first-order valence-electron chi connectivity index (χ1n) is 4.89. The van der Waals surface area contributed by atoms with Gasteiger partial charge in [0.2, 0.25) is 0 Å². The maximum atomic E-state index is 13.5. The molecular weight excluding hydrogens is 279 g/mol. The van der Waals surface area contributed by atoms with E-state index in [4.69, 9.17) is 0 Å². The molecule has 1 aromatic carbocycles. The lowest BCUT2D eigenvalue weighted by Gasteiger charge is -2.18. The molecule has 1 aromatic rings. The number of hydrogen-bond acceptors (Lipinski definition) is 2. The number of thioether (sulfide) groups is 1. The Morgan fingerprint density at radius 3 is 3.00 bits per heavy atom. The molecule has 4 heteroatoms. The van der Waals surface area contributed by atoms with Crippen LogP contribution in [0.5, 0.6) is 0 Å². The fraction of sp³-hybridized carbons (Fsp3) is 0.455. The van der Waals surface area contributed by atoms with Gasteiger partial charge in [0.1, 0.15) is 5.82 Å². The average molecular weight is 291 g/mol. The highest BCUT2D eigenvalue weighted by Crippen LogP contribution is 2.35. The Hall–Kier alpha value is -0.0600. The highest BCUT2D eigenvalue weighted by atomic mass is 79.9. The zero-order valence-electron chi connectivity index (χ0n) is 8.12. The Morgan fingerprint density at radius 2 is 2.33 bits per heavy atom. The summed E-state index contributed by atoms with van der Waals surface area (Å²) in [5, 5.41) is 10.1. The molecule has 0 radical (unpaired) electrons. The van der Waals surface area contributed by atoms with Gasteiger partial charge < -0.3 is 5.11 Å². The minimum atomic E-state index is -0.669. The van der Waals surface area contributed by atoms with Gasteiger partial charge >= 0.3 is 0 Å². The van der Waals surface area contributed by atoms with Crippen LogP contribution >= 0.6 is 27.7 Å². The summed E-state index contributed by atoms with van der Waals surface area (Å²) in [6, 6.07) is 4.71. The number of benzene rings is 1. The van der Waals surface area contributed by atoms with Crippen LogP contribution in [-0.2, 0) is 0 Å². The van der Waals surface area contributed by atoms with E-state index in [0.717, 1.165) is 22.4 Å². The summed E-state index contributed by atoms with van der Waals surface area (Å²) in [4.78, 5) is 0. The van der Waals surface area contributed by atoms with Crippen LogP contribution in [0.2, 0.25) is 0 Å². The van der Waals surface area contributed by atoms with Crippen molar-refractivity contribution >= 4 is 27.7 Å².